The smallest absolute Gasteiger partial charge is 0.321 e. The van der Waals surface area contributed by atoms with Gasteiger partial charge in [0.2, 0.25) is 0 Å². The van der Waals surface area contributed by atoms with Gasteiger partial charge in [0.1, 0.15) is 0 Å². The fourth-order valence-corrected chi connectivity index (χ4v) is 2.60. The van der Waals surface area contributed by atoms with Gasteiger partial charge in [-0.15, -0.1) is 0 Å². The summed E-state index contributed by atoms with van der Waals surface area (Å²) in [4.78, 5) is 25.1. The van der Waals surface area contributed by atoms with Crippen LogP contribution < -0.4 is 10.2 Å². The molecule has 1 fully saturated rings. The van der Waals surface area contributed by atoms with E-state index in [4.69, 9.17) is 0 Å². The molecule has 20 heavy (non-hydrogen) atoms. The second-order valence-electron chi connectivity index (χ2n) is 5.61. The Hall–Kier alpha value is -2.04. The van der Waals surface area contributed by atoms with Gasteiger partial charge in [0.25, 0.3) is 0 Å². The third-order valence-corrected chi connectivity index (χ3v) is 3.98. The third kappa shape index (κ3) is 2.61. The Morgan fingerprint density at radius 3 is 2.75 bits per heavy atom. The number of amides is 2. The van der Waals surface area contributed by atoms with Crippen molar-refractivity contribution < 1.29 is 14.7 Å². The van der Waals surface area contributed by atoms with Crippen molar-refractivity contribution in [3.05, 3.63) is 29.8 Å². The Labute approximate surface area is 117 Å². The van der Waals surface area contributed by atoms with E-state index < -0.39 is 11.9 Å². The molecule has 5 heteroatoms. The van der Waals surface area contributed by atoms with E-state index in [1.54, 1.807) is 4.90 Å². The summed E-state index contributed by atoms with van der Waals surface area (Å²) in [6.07, 6.45) is 2.83. The summed E-state index contributed by atoms with van der Waals surface area (Å²) >= 11 is 0. The zero-order valence-corrected chi connectivity index (χ0v) is 11.2. The molecule has 0 aromatic heterocycles. The van der Waals surface area contributed by atoms with Gasteiger partial charge in [-0.1, -0.05) is 18.2 Å². The van der Waals surface area contributed by atoms with Crippen LogP contribution in [0.25, 0.3) is 0 Å². The summed E-state index contributed by atoms with van der Waals surface area (Å²) in [6.45, 7) is 0.929. The first-order valence-corrected chi connectivity index (χ1v) is 7.01. The summed E-state index contributed by atoms with van der Waals surface area (Å²) in [7, 11) is 0. The minimum Gasteiger partial charge on any atom is -0.481 e. The highest BCUT2D eigenvalue weighted by atomic mass is 16.4. The molecule has 1 atom stereocenters. The zero-order valence-electron chi connectivity index (χ0n) is 11.2. The predicted octanol–water partition coefficient (Wildman–Crippen LogP) is 1.87. The van der Waals surface area contributed by atoms with Crippen LogP contribution >= 0.6 is 0 Å². The minimum atomic E-state index is -0.848. The van der Waals surface area contributed by atoms with Gasteiger partial charge in [-0.3, -0.25) is 9.69 Å². The highest BCUT2D eigenvalue weighted by Crippen LogP contribution is 2.31. The van der Waals surface area contributed by atoms with Crippen molar-refractivity contribution in [2.45, 2.75) is 19.3 Å². The fourth-order valence-electron chi connectivity index (χ4n) is 2.60. The van der Waals surface area contributed by atoms with Crippen LogP contribution in [0.4, 0.5) is 10.5 Å². The van der Waals surface area contributed by atoms with E-state index >= 15 is 0 Å². The van der Waals surface area contributed by atoms with Gasteiger partial charge in [-0.05, 0) is 36.8 Å². The number of urea groups is 1. The van der Waals surface area contributed by atoms with E-state index in [1.165, 1.54) is 12.8 Å². The molecule has 0 radical (unpaired) electrons. The number of carbonyl (C=O) groups is 2. The molecule has 2 N–H and O–H groups in total. The van der Waals surface area contributed by atoms with Gasteiger partial charge < -0.3 is 10.4 Å². The van der Waals surface area contributed by atoms with E-state index in [9.17, 15) is 14.7 Å². The second kappa shape index (κ2) is 5.15. The van der Waals surface area contributed by atoms with Crippen molar-refractivity contribution in [1.82, 2.24) is 5.32 Å². The van der Waals surface area contributed by atoms with Crippen molar-refractivity contribution in [2.24, 2.45) is 11.8 Å². The zero-order chi connectivity index (χ0) is 14.1. The number of nitrogens with zero attached hydrogens (tertiary/aromatic N) is 1. The number of carbonyl (C=O) groups excluding carboxylic acids is 1. The molecule has 0 spiro atoms. The van der Waals surface area contributed by atoms with E-state index in [-0.39, 0.29) is 12.6 Å². The number of hydrogen-bond donors (Lipinski definition) is 2. The Morgan fingerprint density at radius 1 is 1.30 bits per heavy atom. The van der Waals surface area contributed by atoms with Gasteiger partial charge >= 0.3 is 12.0 Å². The number of para-hydroxylation sites is 1. The number of nitrogens with one attached hydrogen (secondary N) is 1. The lowest BCUT2D eigenvalue weighted by atomic mass is 9.93. The molecule has 2 aliphatic rings. The number of benzene rings is 1. The minimum absolute atomic E-state index is 0.185. The Bertz CT molecular complexity index is 540. The number of aliphatic carboxylic acids is 1. The highest BCUT2D eigenvalue weighted by molar-refractivity contribution is 5.94. The van der Waals surface area contributed by atoms with Crippen LogP contribution in [-0.4, -0.2) is 30.2 Å². The lowest BCUT2D eigenvalue weighted by Crippen LogP contribution is -2.47. The Balaban J connectivity index is 1.79. The first kappa shape index (κ1) is 13.0. The molecular formula is C15H18N2O3. The number of carboxylic acid groups (broad SMARTS) is 1. The molecular weight excluding hydrogens is 256 g/mol. The lowest BCUT2D eigenvalue weighted by molar-refractivity contribution is -0.141. The maximum Gasteiger partial charge on any atom is 0.321 e. The van der Waals surface area contributed by atoms with Crippen molar-refractivity contribution in [3.8, 4) is 0 Å². The van der Waals surface area contributed by atoms with Crippen molar-refractivity contribution in [1.29, 1.82) is 0 Å². The molecule has 3 rings (SSSR count). The van der Waals surface area contributed by atoms with Crippen LogP contribution in [0.1, 0.15) is 18.4 Å². The highest BCUT2D eigenvalue weighted by Gasteiger charge is 2.32. The largest absolute Gasteiger partial charge is 0.481 e. The van der Waals surface area contributed by atoms with Crippen LogP contribution in [0.5, 0.6) is 0 Å². The third-order valence-electron chi connectivity index (χ3n) is 3.98. The first-order valence-electron chi connectivity index (χ1n) is 7.01. The van der Waals surface area contributed by atoms with Crippen molar-refractivity contribution >= 4 is 17.7 Å². The van der Waals surface area contributed by atoms with Crippen LogP contribution in [-0.2, 0) is 11.2 Å². The van der Waals surface area contributed by atoms with Crippen LogP contribution in [0.3, 0.4) is 0 Å². The first-order chi connectivity index (χ1) is 9.65. The summed E-state index contributed by atoms with van der Waals surface area (Å²) in [5.41, 5.74) is 1.76. The molecule has 106 valence electrons. The van der Waals surface area contributed by atoms with E-state index in [0.29, 0.717) is 18.9 Å². The molecule has 1 aromatic carbocycles. The predicted molar refractivity (Wildman–Crippen MR) is 74.7 cm³/mol. The molecule has 0 bridgehead atoms. The average Bonchev–Trinajstić information content (AvgIpc) is 3.27. The Morgan fingerprint density at radius 2 is 2.05 bits per heavy atom. The van der Waals surface area contributed by atoms with Crippen LogP contribution in [0.15, 0.2) is 24.3 Å². The van der Waals surface area contributed by atoms with Crippen LogP contribution in [0.2, 0.25) is 0 Å². The summed E-state index contributed by atoms with van der Waals surface area (Å²) in [5.74, 6) is -0.773. The summed E-state index contributed by atoms with van der Waals surface area (Å²) < 4.78 is 0. The molecule has 1 heterocycles. The Kier molecular flexibility index (Phi) is 3.34. The van der Waals surface area contributed by atoms with Crippen LogP contribution in [0, 0.1) is 11.8 Å². The molecule has 5 nitrogen and oxygen atoms in total. The lowest BCUT2D eigenvalue weighted by Gasteiger charge is -2.32. The van der Waals surface area contributed by atoms with Gasteiger partial charge in [0, 0.05) is 18.8 Å². The number of fused-ring (bicyclic) bond motifs is 1. The number of rotatable bonds is 3. The maximum absolute atomic E-state index is 12.3. The molecule has 1 aliphatic heterocycles. The van der Waals surface area contributed by atoms with Gasteiger partial charge in [0.05, 0.1) is 5.92 Å². The van der Waals surface area contributed by atoms with Gasteiger partial charge in [-0.2, -0.15) is 0 Å². The molecule has 1 aliphatic carbocycles. The van der Waals surface area contributed by atoms with Gasteiger partial charge in [0.15, 0.2) is 0 Å². The SMILES string of the molecule is O=C(O)C1Cc2ccccc2N(C(=O)NCC2CC2)C1. The maximum atomic E-state index is 12.3. The molecule has 0 saturated heterocycles. The average molecular weight is 274 g/mol. The molecule has 1 aromatic rings. The number of carboxylic acids is 1. The van der Waals surface area contributed by atoms with Crippen molar-refractivity contribution in [2.75, 3.05) is 18.0 Å². The van der Waals surface area contributed by atoms with E-state index in [0.717, 1.165) is 11.3 Å². The van der Waals surface area contributed by atoms with E-state index in [2.05, 4.69) is 5.32 Å². The molecule has 1 unspecified atom stereocenters. The number of anilines is 1. The van der Waals surface area contributed by atoms with E-state index in [1.807, 2.05) is 24.3 Å². The number of hydrogen-bond acceptors (Lipinski definition) is 2. The summed E-state index contributed by atoms with van der Waals surface area (Å²) in [6, 6.07) is 7.34. The second-order valence-corrected chi connectivity index (χ2v) is 5.61. The quantitative estimate of drug-likeness (QED) is 0.884. The topological polar surface area (TPSA) is 69.6 Å². The van der Waals surface area contributed by atoms with Gasteiger partial charge in [-0.25, -0.2) is 4.79 Å². The normalized spacial score (nSPS) is 21.2. The fraction of sp³-hybridized carbons (Fsp3) is 0.467. The standard InChI is InChI=1S/C15H18N2O3/c18-14(19)12-7-11-3-1-2-4-13(11)17(9-12)15(20)16-8-10-5-6-10/h1-4,10,12H,5-9H2,(H,16,20)(H,18,19). The molecule has 1 saturated carbocycles. The monoisotopic (exact) mass is 274 g/mol. The molecule has 2 amide bonds. The van der Waals surface area contributed by atoms with Crippen molar-refractivity contribution in [3.63, 3.8) is 0 Å². The summed E-state index contributed by atoms with van der Waals surface area (Å²) in [5, 5.41) is 12.1.